The molecule has 0 atom stereocenters. The average molecular weight is 457 g/mol. The minimum absolute atomic E-state index is 0.490. The molecule has 10 nitrogen and oxygen atoms in total. The number of hydrogen-bond acceptors (Lipinski definition) is 8. The van der Waals surface area contributed by atoms with Gasteiger partial charge in [-0.3, -0.25) is 4.40 Å². The van der Waals surface area contributed by atoms with Gasteiger partial charge in [-0.25, -0.2) is 15.0 Å². The van der Waals surface area contributed by atoms with E-state index in [9.17, 15) is 0 Å². The lowest BCUT2D eigenvalue weighted by Crippen LogP contribution is -2.04. The van der Waals surface area contributed by atoms with Crippen LogP contribution in [-0.2, 0) is 18.3 Å². The van der Waals surface area contributed by atoms with Gasteiger partial charge in [0.25, 0.3) is 0 Å². The van der Waals surface area contributed by atoms with Crippen molar-refractivity contribution >= 4 is 11.5 Å². The second-order valence-electron chi connectivity index (χ2n) is 7.63. The maximum atomic E-state index is 5.67. The van der Waals surface area contributed by atoms with Crippen LogP contribution < -0.4 is 10.1 Å². The zero-order valence-electron chi connectivity index (χ0n) is 18.9. The van der Waals surface area contributed by atoms with E-state index in [-0.39, 0.29) is 0 Å². The number of rotatable bonds is 9. The van der Waals surface area contributed by atoms with Gasteiger partial charge in [-0.15, -0.1) is 0 Å². The minimum Gasteiger partial charge on any atom is -0.491 e. The molecule has 0 aliphatic heterocycles. The van der Waals surface area contributed by atoms with Crippen LogP contribution in [0.4, 0.5) is 5.82 Å². The molecule has 0 aliphatic rings. The summed E-state index contributed by atoms with van der Waals surface area (Å²) < 4.78 is 12.7. The number of benzene rings is 1. The second-order valence-corrected chi connectivity index (χ2v) is 7.63. The Morgan fingerprint density at radius 3 is 2.62 bits per heavy atom. The van der Waals surface area contributed by atoms with Crippen molar-refractivity contribution in [2.45, 2.75) is 6.54 Å². The normalized spacial score (nSPS) is 11.1. The highest BCUT2D eigenvalue weighted by Gasteiger charge is 2.10. The smallest absolute Gasteiger partial charge is 0.140 e. The van der Waals surface area contributed by atoms with Crippen molar-refractivity contribution in [3.8, 4) is 28.4 Å². The lowest BCUT2D eigenvalue weighted by Gasteiger charge is -2.08. The number of fused-ring (bicyclic) bond motifs is 1. The van der Waals surface area contributed by atoms with E-state index in [1.807, 2.05) is 40.9 Å². The summed E-state index contributed by atoms with van der Waals surface area (Å²) in [4.78, 5) is 14.9. The monoisotopic (exact) mass is 456 g/mol. The maximum absolute atomic E-state index is 5.67. The molecule has 0 saturated heterocycles. The third kappa shape index (κ3) is 4.71. The van der Waals surface area contributed by atoms with Crippen molar-refractivity contribution in [2.24, 2.45) is 7.05 Å². The molecule has 4 heterocycles. The van der Waals surface area contributed by atoms with Crippen molar-refractivity contribution in [2.75, 3.05) is 25.6 Å². The molecule has 34 heavy (non-hydrogen) atoms. The van der Waals surface area contributed by atoms with Crippen molar-refractivity contribution in [1.29, 1.82) is 0 Å². The van der Waals surface area contributed by atoms with E-state index in [2.05, 4.69) is 42.6 Å². The Kier molecular flexibility index (Phi) is 6.13. The topological polar surface area (TPSA) is 104 Å². The SMILES string of the molecule is COCCOc1ccn2c(-c3cc(NCc4ccc(-c5cnn(C)n5)cc4)ncn3)cnc2c1. The second kappa shape index (κ2) is 9.67. The predicted octanol–water partition coefficient (Wildman–Crippen LogP) is 3.22. The molecule has 5 aromatic rings. The van der Waals surface area contributed by atoms with E-state index >= 15 is 0 Å². The Hall–Kier alpha value is -4.31. The largest absolute Gasteiger partial charge is 0.491 e. The van der Waals surface area contributed by atoms with Gasteiger partial charge in [0.05, 0.1) is 30.4 Å². The third-order valence-corrected chi connectivity index (χ3v) is 5.29. The Labute approximate surface area is 196 Å². The highest BCUT2D eigenvalue weighted by atomic mass is 16.5. The van der Waals surface area contributed by atoms with Gasteiger partial charge in [-0.2, -0.15) is 15.0 Å². The number of aryl methyl sites for hydroxylation is 1. The molecule has 0 unspecified atom stereocenters. The summed E-state index contributed by atoms with van der Waals surface area (Å²) in [5.74, 6) is 1.48. The summed E-state index contributed by atoms with van der Waals surface area (Å²) in [6.45, 7) is 1.66. The number of nitrogens with zero attached hydrogens (tertiary/aromatic N) is 7. The summed E-state index contributed by atoms with van der Waals surface area (Å²) in [6.07, 6.45) is 7.03. The minimum atomic E-state index is 0.490. The van der Waals surface area contributed by atoms with Gasteiger partial charge in [0.1, 0.15) is 35.8 Å². The standard InChI is InChI=1S/C24H24N8O2/c1-31-29-14-21(30-31)18-5-3-17(4-6-18)13-25-23-12-20(27-16-28-23)22-15-26-24-11-19(7-8-32(22)24)34-10-9-33-2/h3-8,11-12,14-16H,9-10,13H2,1-2H3,(H,25,27,28). The molecule has 0 spiro atoms. The fourth-order valence-electron chi connectivity index (χ4n) is 3.54. The first-order chi connectivity index (χ1) is 16.7. The highest BCUT2D eigenvalue weighted by molar-refractivity contribution is 5.63. The molecule has 0 amide bonds. The summed E-state index contributed by atoms with van der Waals surface area (Å²) in [5, 5.41) is 11.8. The highest BCUT2D eigenvalue weighted by Crippen LogP contribution is 2.23. The first-order valence-electron chi connectivity index (χ1n) is 10.8. The zero-order chi connectivity index (χ0) is 23.3. The van der Waals surface area contributed by atoms with Gasteiger partial charge >= 0.3 is 0 Å². The zero-order valence-corrected chi connectivity index (χ0v) is 18.9. The van der Waals surface area contributed by atoms with Crippen LogP contribution in [0.5, 0.6) is 5.75 Å². The molecular formula is C24H24N8O2. The first kappa shape index (κ1) is 21.5. The van der Waals surface area contributed by atoms with Crippen LogP contribution in [0.1, 0.15) is 5.56 Å². The fraction of sp³-hybridized carbons (Fsp3) is 0.208. The Morgan fingerprint density at radius 1 is 0.941 bits per heavy atom. The van der Waals surface area contributed by atoms with Gasteiger partial charge in [0.2, 0.25) is 0 Å². The molecule has 10 heteroatoms. The third-order valence-electron chi connectivity index (χ3n) is 5.29. The number of pyridine rings is 1. The summed E-state index contributed by atoms with van der Waals surface area (Å²) >= 11 is 0. The van der Waals surface area contributed by atoms with Crippen molar-refractivity contribution in [3.05, 3.63) is 72.9 Å². The van der Waals surface area contributed by atoms with Crippen LogP contribution in [0.25, 0.3) is 28.3 Å². The first-order valence-corrected chi connectivity index (χ1v) is 10.8. The summed E-state index contributed by atoms with van der Waals surface area (Å²) in [5.41, 5.74) is 5.43. The maximum Gasteiger partial charge on any atom is 0.140 e. The lowest BCUT2D eigenvalue weighted by atomic mass is 10.1. The molecule has 0 fully saturated rings. The molecule has 5 rings (SSSR count). The predicted molar refractivity (Wildman–Crippen MR) is 127 cm³/mol. The fourth-order valence-corrected chi connectivity index (χ4v) is 3.54. The summed E-state index contributed by atoms with van der Waals surface area (Å²) in [6, 6.07) is 13.9. The number of methoxy groups -OCH3 is 1. The number of nitrogens with one attached hydrogen (secondary N) is 1. The van der Waals surface area contributed by atoms with E-state index in [0.717, 1.165) is 45.4 Å². The van der Waals surface area contributed by atoms with Gasteiger partial charge in [0.15, 0.2) is 0 Å². The van der Waals surface area contributed by atoms with Crippen LogP contribution >= 0.6 is 0 Å². The van der Waals surface area contributed by atoms with E-state index < -0.39 is 0 Å². The van der Waals surface area contributed by atoms with Crippen molar-refractivity contribution in [3.63, 3.8) is 0 Å². The van der Waals surface area contributed by atoms with Crippen LogP contribution in [0.3, 0.4) is 0 Å². The molecule has 172 valence electrons. The van der Waals surface area contributed by atoms with Gasteiger partial charge < -0.3 is 14.8 Å². The quantitative estimate of drug-likeness (QED) is 0.337. The van der Waals surface area contributed by atoms with E-state index in [0.29, 0.717) is 19.8 Å². The molecule has 1 N–H and O–H groups in total. The number of hydrogen-bond donors (Lipinski definition) is 1. The van der Waals surface area contributed by atoms with E-state index in [1.54, 1.807) is 37.7 Å². The Balaban J connectivity index is 1.28. The molecule has 0 radical (unpaired) electrons. The van der Waals surface area contributed by atoms with Crippen molar-refractivity contribution < 1.29 is 9.47 Å². The van der Waals surface area contributed by atoms with Gasteiger partial charge in [-0.05, 0) is 11.6 Å². The van der Waals surface area contributed by atoms with Crippen LogP contribution in [-0.4, -0.2) is 54.7 Å². The number of aromatic nitrogens is 7. The van der Waals surface area contributed by atoms with Crippen LogP contribution in [0, 0.1) is 0 Å². The molecule has 0 aliphatic carbocycles. The Bertz CT molecular complexity index is 1390. The molecule has 4 aromatic heterocycles. The van der Waals surface area contributed by atoms with Gasteiger partial charge in [-0.1, -0.05) is 24.3 Å². The molecular weight excluding hydrogens is 432 g/mol. The molecule has 1 aromatic carbocycles. The van der Waals surface area contributed by atoms with Crippen LogP contribution in [0.15, 0.2) is 67.4 Å². The van der Waals surface area contributed by atoms with E-state index in [4.69, 9.17) is 9.47 Å². The van der Waals surface area contributed by atoms with Gasteiger partial charge in [0, 0.05) is 44.6 Å². The lowest BCUT2D eigenvalue weighted by molar-refractivity contribution is 0.146. The number of imidazole rings is 1. The summed E-state index contributed by atoms with van der Waals surface area (Å²) in [7, 11) is 3.45. The van der Waals surface area contributed by atoms with Crippen LogP contribution in [0.2, 0.25) is 0 Å². The number of anilines is 1. The van der Waals surface area contributed by atoms with E-state index in [1.165, 1.54) is 0 Å². The number of ether oxygens (including phenoxy) is 2. The van der Waals surface area contributed by atoms with Crippen molar-refractivity contribution in [1.82, 2.24) is 34.3 Å². The Morgan fingerprint density at radius 2 is 1.82 bits per heavy atom. The average Bonchev–Trinajstić information content (AvgIpc) is 3.49. The molecule has 0 saturated carbocycles. The molecule has 0 bridgehead atoms.